The van der Waals surface area contributed by atoms with Gasteiger partial charge in [-0.1, -0.05) is 26.0 Å². The molecule has 0 heterocycles. The second kappa shape index (κ2) is 8.11. The highest BCUT2D eigenvalue weighted by Gasteiger charge is 2.65. The van der Waals surface area contributed by atoms with Gasteiger partial charge in [0.1, 0.15) is 5.78 Å². The van der Waals surface area contributed by atoms with Crippen molar-refractivity contribution < 1.29 is 31.2 Å². The number of rotatable bonds is 6. The lowest BCUT2D eigenvalue weighted by Gasteiger charge is -2.36. The zero-order valence-electron chi connectivity index (χ0n) is 18.7. The highest BCUT2D eigenvalue weighted by atomic mass is 32.2. The van der Waals surface area contributed by atoms with Crippen molar-refractivity contribution in [1.82, 2.24) is 0 Å². The molecule has 0 aliphatic heterocycles. The van der Waals surface area contributed by atoms with Gasteiger partial charge in [-0.2, -0.15) is 13.2 Å². The van der Waals surface area contributed by atoms with Gasteiger partial charge in [0.2, 0.25) is 10.0 Å². The summed E-state index contributed by atoms with van der Waals surface area (Å²) >= 11 is 0. The Morgan fingerprint density at radius 2 is 1.76 bits per heavy atom. The van der Waals surface area contributed by atoms with Crippen LogP contribution >= 0.6 is 0 Å². The quantitative estimate of drug-likeness (QED) is 0.585. The van der Waals surface area contributed by atoms with Crippen LogP contribution in [-0.4, -0.2) is 25.9 Å². The molecule has 0 radical (unpaired) electrons. The normalized spacial score (nSPS) is 23.7. The van der Waals surface area contributed by atoms with E-state index in [-0.39, 0.29) is 34.4 Å². The first-order valence-electron chi connectivity index (χ1n) is 10.9. The van der Waals surface area contributed by atoms with Gasteiger partial charge < -0.3 is 5.32 Å². The Kier molecular flexibility index (Phi) is 5.78. The predicted octanol–water partition coefficient (Wildman–Crippen LogP) is 5.09. The van der Waals surface area contributed by atoms with E-state index in [1.54, 1.807) is 0 Å². The molecule has 2 bridgehead atoms. The number of benzene rings is 2. The summed E-state index contributed by atoms with van der Waals surface area (Å²) in [5.41, 5.74) is -2.08. The fraction of sp³-hybridized carbons (Fsp3) is 0.417. The first kappa shape index (κ1) is 24.3. The summed E-state index contributed by atoms with van der Waals surface area (Å²) < 4.78 is 67.2. The van der Waals surface area contributed by atoms with E-state index < -0.39 is 38.5 Å². The molecular weight excluding hydrogens is 469 g/mol. The Bertz CT molecular complexity index is 1260. The van der Waals surface area contributed by atoms with Crippen LogP contribution in [0.3, 0.4) is 0 Å². The molecule has 0 saturated heterocycles. The molecule has 34 heavy (non-hydrogen) atoms. The zero-order valence-corrected chi connectivity index (χ0v) is 19.5. The van der Waals surface area contributed by atoms with Crippen molar-refractivity contribution >= 4 is 33.1 Å². The number of halogens is 3. The summed E-state index contributed by atoms with van der Waals surface area (Å²) in [6, 6.07) is 9.88. The molecule has 182 valence electrons. The summed E-state index contributed by atoms with van der Waals surface area (Å²) in [5, 5.41) is 2.40. The lowest BCUT2D eigenvalue weighted by Crippen LogP contribution is -2.43. The zero-order chi connectivity index (χ0) is 24.9. The molecular formula is C24H25F3N2O4S. The fourth-order valence-corrected chi connectivity index (χ4v) is 7.23. The standard InChI is InChI=1S/C24H25F3N2O4S/c1-22(2)16-9-10-23(22,20(30)13-16)14-34(32,33)29-19-8-3-5-15(11-19)21(31)28-18-7-4-6-17(12-18)24(25,26)27/h3-8,11-12,16,29H,9-10,13-14H2,1-2H3,(H,28,31)/t16-,23+/m0/s1. The van der Waals surface area contributed by atoms with Crippen molar-refractivity contribution in [1.29, 1.82) is 0 Å². The second-order valence-electron chi connectivity index (χ2n) is 9.64. The monoisotopic (exact) mass is 494 g/mol. The van der Waals surface area contributed by atoms with E-state index in [2.05, 4.69) is 10.0 Å². The molecule has 6 nitrogen and oxygen atoms in total. The molecule has 0 aromatic heterocycles. The minimum Gasteiger partial charge on any atom is -0.322 e. The van der Waals surface area contributed by atoms with Gasteiger partial charge in [-0.05, 0) is 60.6 Å². The number of amides is 1. The van der Waals surface area contributed by atoms with Gasteiger partial charge in [0.15, 0.2) is 0 Å². The SMILES string of the molecule is CC1(C)[C@H]2CC[C@@]1(CS(=O)(=O)Nc1cccc(C(=O)Nc3cccc(C(F)(F)F)c3)c1)C(=O)C2. The highest BCUT2D eigenvalue weighted by molar-refractivity contribution is 7.92. The molecule has 2 fully saturated rings. The van der Waals surface area contributed by atoms with Crippen molar-refractivity contribution in [3.63, 3.8) is 0 Å². The molecule has 2 aliphatic rings. The van der Waals surface area contributed by atoms with E-state index in [4.69, 9.17) is 0 Å². The van der Waals surface area contributed by atoms with Gasteiger partial charge in [-0.15, -0.1) is 0 Å². The third-order valence-electron chi connectivity index (χ3n) is 7.42. The Morgan fingerprint density at radius 3 is 2.38 bits per heavy atom. The number of carbonyl (C=O) groups excluding carboxylic acids is 2. The largest absolute Gasteiger partial charge is 0.416 e. The molecule has 0 unspecified atom stereocenters. The Labute approximate surface area is 196 Å². The van der Waals surface area contributed by atoms with Crippen molar-refractivity contribution in [2.24, 2.45) is 16.7 Å². The van der Waals surface area contributed by atoms with E-state index in [1.165, 1.54) is 36.4 Å². The molecule has 2 aliphatic carbocycles. The third kappa shape index (κ3) is 4.31. The van der Waals surface area contributed by atoms with Gasteiger partial charge in [-0.25, -0.2) is 8.42 Å². The number of sulfonamides is 1. The molecule has 10 heteroatoms. The third-order valence-corrected chi connectivity index (χ3v) is 8.84. The molecule has 2 saturated carbocycles. The maximum absolute atomic E-state index is 13.0. The van der Waals surface area contributed by atoms with E-state index in [1.807, 2.05) is 13.8 Å². The summed E-state index contributed by atoms with van der Waals surface area (Å²) in [5.74, 6) is -0.862. The predicted molar refractivity (Wildman–Crippen MR) is 122 cm³/mol. The summed E-state index contributed by atoms with van der Waals surface area (Å²) in [6.07, 6.45) is -2.80. The highest BCUT2D eigenvalue weighted by Crippen LogP contribution is 2.64. The van der Waals surface area contributed by atoms with Crippen LogP contribution < -0.4 is 10.0 Å². The van der Waals surface area contributed by atoms with Crippen LogP contribution in [0.5, 0.6) is 0 Å². The molecule has 2 aromatic carbocycles. The van der Waals surface area contributed by atoms with Crippen LogP contribution in [0.2, 0.25) is 0 Å². The molecule has 2 atom stereocenters. The van der Waals surface area contributed by atoms with E-state index in [9.17, 15) is 31.2 Å². The van der Waals surface area contributed by atoms with Crippen LogP contribution in [-0.2, 0) is 21.0 Å². The summed E-state index contributed by atoms with van der Waals surface area (Å²) in [7, 11) is -3.92. The minimum absolute atomic E-state index is 0.0201. The van der Waals surface area contributed by atoms with Crippen molar-refractivity contribution in [3.8, 4) is 0 Å². The summed E-state index contributed by atoms with van der Waals surface area (Å²) in [6.45, 7) is 3.90. The van der Waals surface area contributed by atoms with Crippen molar-refractivity contribution in [3.05, 3.63) is 59.7 Å². The van der Waals surface area contributed by atoms with E-state index in [0.29, 0.717) is 12.8 Å². The van der Waals surface area contributed by atoms with Gasteiger partial charge in [0.25, 0.3) is 5.91 Å². The lowest BCUT2D eigenvalue weighted by atomic mass is 9.70. The average Bonchev–Trinajstić information content (AvgIpc) is 3.07. The molecule has 0 spiro atoms. The maximum Gasteiger partial charge on any atom is 0.416 e. The molecule has 1 amide bonds. The van der Waals surface area contributed by atoms with Crippen LogP contribution in [0.25, 0.3) is 0 Å². The fourth-order valence-electron chi connectivity index (χ4n) is 5.35. The van der Waals surface area contributed by atoms with Crippen LogP contribution in [0.4, 0.5) is 24.5 Å². The first-order chi connectivity index (χ1) is 15.7. The number of carbonyl (C=O) groups is 2. The smallest absolute Gasteiger partial charge is 0.322 e. The topological polar surface area (TPSA) is 92.3 Å². The van der Waals surface area contributed by atoms with Crippen LogP contribution in [0.1, 0.15) is 49.0 Å². The Hall–Kier alpha value is -2.88. The molecule has 2 N–H and O–H groups in total. The number of anilines is 2. The van der Waals surface area contributed by atoms with E-state index in [0.717, 1.165) is 18.6 Å². The van der Waals surface area contributed by atoms with E-state index >= 15 is 0 Å². The maximum atomic E-state index is 13.0. The Morgan fingerprint density at radius 1 is 1.09 bits per heavy atom. The van der Waals surface area contributed by atoms with Gasteiger partial charge in [0, 0.05) is 23.4 Å². The number of hydrogen-bond acceptors (Lipinski definition) is 4. The Balaban J connectivity index is 1.50. The minimum atomic E-state index is -4.55. The lowest BCUT2D eigenvalue weighted by molar-refractivity contribution is -0.137. The average molecular weight is 495 g/mol. The molecule has 2 aromatic rings. The number of Topliss-reactive ketones (excluding diaryl/α,β-unsaturated/α-hetero) is 1. The van der Waals surface area contributed by atoms with Gasteiger partial charge >= 0.3 is 6.18 Å². The number of fused-ring (bicyclic) bond motifs is 2. The molecule has 4 rings (SSSR count). The number of hydrogen-bond donors (Lipinski definition) is 2. The summed E-state index contributed by atoms with van der Waals surface area (Å²) in [4.78, 5) is 25.3. The van der Waals surface area contributed by atoms with Gasteiger partial charge in [0.05, 0.1) is 16.7 Å². The van der Waals surface area contributed by atoms with Crippen molar-refractivity contribution in [2.45, 2.75) is 39.3 Å². The van der Waals surface area contributed by atoms with Crippen molar-refractivity contribution in [2.75, 3.05) is 15.8 Å². The van der Waals surface area contributed by atoms with Gasteiger partial charge in [-0.3, -0.25) is 14.3 Å². The number of alkyl halides is 3. The first-order valence-corrected chi connectivity index (χ1v) is 12.5. The number of ketones is 1. The second-order valence-corrected chi connectivity index (χ2v) is 11.4. The van der Waals surface area contributed by atoms with Crippen LogP contribution in [0, 0.1) is 16.7 Å². The number of nitrogens with one attached hydrogen (secondary N) is 2. The van der Waals surface area contributed by atoms with Crippen LogP contribution in [0.15, 0.2) is 48.5 Å².